The summed E-state index contributed by atoms with van der Waals surface area (Å²) in [7, 11) is 0. The summed E-state index contributed by atoms with van der Waals surface area (Å²) in [4.78, 5) is 72.4. The lowest BCUT2D eigenvalue weighted by molar-refractivity contribution is -0.122. The van der Waals surface area contributed by atoms with Gasteiger partial charge < -0.3 is 14.8 Å². The quantitative estimate of drug-likeness (QED) is 0.241. The number of nitrogens with zero attached hydrogens (tertiary/aromatic N) is 2. The predicted octanol–water partition coefficient (Wildman–Crippen LogP) is 4.75. The van der Waals surface area contributed by atoms with Gasteiger partial charge in [-0.2, -0.15) is 0 Å². The number of esters is 1. The van der Waals surface area contributed by atoms with Crippen molar-refractivity contribution in [3.8, 4) is 5.75 Å². The molecule has 0 aliphatic carbocycles. The monoisotopic (exact) mass is 579 g/mol. The molecule has 4 amide bonds. The predicted molar refractivity (Wildman–Crippen MR) is 160 cm³/mol. The lowest BCUT2D eigenvalue weighted by Gasteiger charge is -2.15. The Hall–Kier alpha value is -5.64. The zero-order valence-corrected chi connectivity index (χ0v) is 24.1. The highest BCUT2D eigenvalue weighted by Crippen LogP contribution is 2.28. The summed E-state index contributed by atoms with van der Waals surface area (Å²) in [6, 6.07) is 20.2. The van der Waals surface area contributed by atoms with Gasteiger partial charge in [0.1, 0.15) is 12.5 Å². The summed E-state index contributed by atoms with van der Waals surface area (Å²) >= 11 is 0. The first-order chi connectivity index (χ1) is 20.6. The van der Waals surface area contributed by atoms with Crippen LogP contribution in [0.3, 0.4) is 0 Å². The maximum absolute atomic E-state index is 12.6. The summed E-state index contributed by atoms with van der Waals surface area (Å²) in [5, 5.41) is 3.28. The second-order valence-corrected chi connectivity index (χ2v) is 9.87. The van der Waals surface area contributed by atoms with E-state index in [1.807, 2.05) is 18.9 Å². The molecule has 3 aromatic rings. The third-order valence-corrected chi connectivity index (χ3v) is 7.34. The number of amides is 4. The van der Waals surface area contributed by atoms with Crippen molar-refractivity contribution in [3.05, 3.63) is 106 Å². The van der Waals surface area contributed by atoms with Crippen LogP contribution in [0.2, 0.25) is 0 Å². The molecule has 10 nitrogen and oxygen atoms in total. The van der Waals surface area contributed by atoms with Gasteiger partial charge in [-0.05, 0) is 93.9 Å². The van der Waals surface area contributed by atoms with E-state index in [2.05, 4.69) is 5.32 Å². The molecule has 2 heterocycles. The Morgan fingerprint density at radius 3 is 1.44 bits per heavy atom. The fourth-order valence-electron chi connectivity index (χ4n) is 4.49. The fraction of sp³-hybridized carbons (Fsp3) is 0.152. The van der Waals surface area contributed by atoms with Crippen molar-refractivity contribution in [3.63, 3.8) is 0 Å². The van der Waals surface area contributed by atoms with Crippen molar-refractivity contribution in [1.82, 2.24) is 0 Å². The third-order valence-electron chi connectivity index (χ3n) is 7.34. The first kappa shape index (κ1) is 30.3. The van der Waals surface area contributed by atoms with Crippen molar-refractivity contribution in [1.29, 1.82) is 0 Å². The molecule has 1 N–H and O–H groups in total. The Morgan fingerprint density at radius 2 is 1.02 bits per heavy atom. The van der Waals surface area contributed by atoms with Gasteiger partial charge >= 0.3 is 5.97 Å². The molecule has 0 bridgehead atoms. The second kappa shape index (κ2) is 12.5. The SMILES string of the molecule is C=O.CC1=C(C)C(=O)N(c2ccc(CNc3ccc(OC(=O)c4ccc(N5C(=O)C(C)=C(C)C5=O)cc4)cc3)cc2)C1=O. The summed E-state index contributed by atoms with van der Waals surface area (Å²) in [5.74, 6) is -1.55. The van der Waals surface area contributed by atoms with E-state index in [0.29, 0.717) is 46.0 Å². The molecule has 0 unspecified atom stereocenters. The van der Waals surface area contributed by atoms with E-state index >= 15 is 0 Å². The molecule has 10 heteroatoms. The van der Waals surface area contributed by atoms with E-state index in [1.165, 1.54) is 29.2 Å². The van der Waals surface area contributed by atoms with Crippen molar-refractivity contribution >= 4 is 53.4 Å². The average molecular weight is 580 g/mol. The molecule has 2 aliphatic heterocycles. The maximum Gasteiger partial charge on any atom is 0.343 e. The molecular weight excluding hydrogens is 550 g/mol. The van der Waals surface area contributed by atoms with E-state index in [4.69, 9.17) is 9.53 Å². The van der Waals surface area contributed by atoms with Crippen LogP contribution in [0.15, 0.2) is 95.1 Å². The molecule has 0 atom stereocenters. The van der Waals surface area contributed by atoms with Gasteiger partial charge in [-0.3, -0.25) is 19.2 Å². The highest BCUT2D eigenvalue weighted by Gasteiger charge is 2.35. The minimum absolute atomic E-state index is 0.276. The largest absolute Gasteiger partial charge is 0.423 e. The standard InChI is InChI=1S/C32H27N3O6.CH2O/c1-18-19(2)29(37)34(28(18)36)25-11-5-22(6-12-25)17-33-24-9-15-27(16-10-24)41-32(40)23-7-13-26(14-8-23)35-30(38)20(3)21(4)31(35)39;1-2/h5-16,33H,17H2,1-4H3;1H2. The molecule has 3 aromatic carbocycles. The Balaban J connectivity index is 0.00000207. The van der Waals surface area contributed by atoms with Crippen LogP contribution in [0.1, 0.15) is 43.6 Å². The zero-order valence-electron chi connectivity index (χ0n) is 24.1. The van der Waals surface area contributed by atoms with Gasteiger partial charge in [0.2, 0.25) is 0 Å². The lowest BCUT2D eigenvalue weighted by Crippen LogP contribution is -2.31. The topological polar surface area (TPSA) is 130 Å². The van der Waals surface area contributed by atoms with Crippen molar-refractivity contribution in [2.24, 2.45) is 0 Å². The minimum Gasteiger partial charge on any atom is -0.423 e. The smallest absolute Gasteiger partial charge is 0.343 e. The third kappa shape index (κ3) is 5.89. The van der Waals surface area contributed by atoms with E-state index < -0.39 is 5.97 Å². The Kier molecular flexibility index (Phi) is 8.80. The molecule has 0 saturated carbocycles. The van der Waals surface area contributed by atoms with Gasteiger partial charge in [0.05, 0.1) is 16.9 Å². The van der Waals surface area contributed by atoms with E-state index in [-0.39, 0.29) is 29.2 Å². The van der Waals surface area contributed by atoms with Crippen LogP contribution in [0.25, 0.3) is 0 Å². The number of nitrogens with one attached hydrogen (secondary N) is 1. The minimum atomic E-state index is -0.572. The second-order valence-electron chi connectivity index (χ2n) is 9.87. The van der Waals surface area contributed by atoms with Gasteiger partial charge in [0, 0.05) is 34.5 Å². The number of hydrogen-bond acceptors (Lipinski definition) is 8. The van der Waals surface area contributed by atoms with Crippen molar-refractivity contribution in [2.45, 2.75) is 34.2 Å². The number of ether oxygens (including phenoxy) is 1. The zero-order chi connectivity index (χ0) is 31.4. The molecule has 218 valence electrons. The highest BCUT2D eigenvalue weighted by molar-refractivity contribution is 6.33. The molecule has 0 fully saturated rings. The lowest BCUT2D eigenvalue weighted by atomic mass is 10.2. The van der Waals surface area contributed by atoms with Crippen LogP contribution in [-0.4, -0.2) is 36.4 Å². The van der Waals surface area contributed by atoms with Crippen LogP contribution in [0.4, 0.5) is 17.1 Å². The maximum atomic E-state index is 12.6. The number of imide groups is 2. The van der Waals surface area contributed by atoms with Gasteiger partial charge in [0.15, 0.2) is 0 Å². The molecule has 43 heavy (non-hydrogen) atoms. The Morgan fingerprint density at radius 1 is 0.628 bits per heavy atom. The van der Waals surface area contributed by atoms with Crippen LogP contribution >= 0.6 is 0 Å². The first-order valence-electron chi connectivity index (χ1n) is 13.2. The summed E-state index contributed by atoms with van der Waals surface area (Å²) in [6.45, 7) is 9.03. The van der Waals surface area contributed by atoms with Crippen LogP contribution in [0, 0.1) is 0 Å². The number of hydrogen-bond donors (Lipinski definition) is 1. The van der Waals surface area contributed by atoms with Crippen LogP contribution in [0.5, 0.6) is 5.75 Å². The van der Waals surface area contributed by atoms with Gasteiger partial charge in [-0.25, -0.2) is 14.6 Å². The average Bonchev–Trinajstić information content (AvgIpc) is 3.35. The molecule has 0 aromatic heterocycles. The van der Waals surface area contributed by atoms with Gasteiger partial charge in [-0.1, -0.05) is 12.1 Å². The summed E-state index contributed by atoms with van der Waals surface area (Å²) < 4.78 is 5.47. The van der Waals surface area contributed by atoms with E-state index in [9.17, 15) is 24.0 Å². The van der Waals surface area contributed by atoms with Crippen LogP contribution in [-0.2, 0) is 30.5 Å². The molecule has 2 aliphatic rings. The Labute approximate surface area is 248 Å². The number of anilines is 3. The number of carbonyl (C=O) groups excluding carboxylic acids is 6. The first-order valence-corrected chi connectivity index (χ1v) is 13.2. The molecule has 0 saturated heterocycles. The molecule has 5 rings (SSSR count). The number of carbonyl (C=O) groups is 6. The summed E-state index contributed by atoms with van der Waals surface area (Å²) in [6.07, 6.45) is 0. The number of rotatable bonds is 7. The Bertz CT molecular complexity index is 1640. The normalized spacial score (nSPS) is 14.8. The van der Waals surface area contributed by atoms with Crippen molar-refractivity contribution < 1.29 is 33.5 Å². The molecular formula is C33H29N3O7. The number of benzene rings is 3. The summed E-state index contributed by atoms with van der Waals surface area (Å²) in [5.41, 5.74) is 4.68. The van der Waals surface area contributed by atoms with Gasteiger partial charge in [0.25, 0.3) is 23.6 Å². The van der Waals surface area contributed by atoms with Crippen LogP contribution < -0.4 is 19.9 Å². The van der Waals surface area contributed by atoms with E-state index in [0.717, 1.165) is 16.2 Å². The highest BCUT2D eigenvalue weighted by atomic mass is 16.5. The molecule has 0 spiro atoms. The van der Waals surface area contributed by atoms with Gasteiger partial charge in [-0.15, -0.1) is 0 Å². The van der Waals surface area contributed by atoms with Crippen molar-refractivity contribution in [2.75, 3.05) is 15.1 Å². The molecule has 0 radical (unpaired) electrons. The fourth-order valence-corrected chi connectivity index (χ4v) is 4.49. The van der Waals surface area contributed by atoms with E-state index in [1.54, 1.807) is 64.1 Å².